The van der Waals surface area contributed by atoms with Crippen molar-refractivity contribution in [2.75, 3.05) is 5.32 Å². The Morgan fingerprint density at radius 2 is 2.00 bits per heavy atom. The van der Waals surface area contributed by atoms with E-state index in [0.29, 0.717) is 10.2 Å². The molecule has 24 heavy (non-hydrogen) atoms. The lowest BCUT2D eigenvalue weighted by Crippen LogP contribution is -2.14. The second kappa shape index (κ2) is 6.06. The SMILES string of the molecule is O=C(Cc1coc2cc3c(cc12)CCC3)Nc1ccc(F)cc1Br. The van der Waals surface area contributed by atoms with E-state index in [9.17, 15) is 9.18 Å². The molecule has 0 unspecified atom stereocenters. The maximum absolute atomic E-state index is 13.1. The first-order chi connectivity index (χ1) is 11.6. The number of benzene rings is 2. The van der Waals surface area contributed by atoms with E-state index in [1.807, 2.05) is 0 Å². The lowest BCUT2D eigenvalue weighted by molar-refractivity contribution is -0.115. The first kappa shape index (κ1) is 15.4. The minimum atomic E-state index is -0.352. The molecular formula is C19H15BrFNO2. The molecule has 2 aromatic carbocycles. The minimum Gasteiger partial charge on any atom is -0.464 e. The number of fused-ring (bicyclic) bond motifs is 2. The fourth-order valence-corrected chi connectivity index (χ4v) is 3.69. The molecule has 1 amide bonds. The van der Waals surface area contributed by atoms with Crippen molar-refractivity contribution in [1.29, 1.82) is 0 Å². The Morgan fingerprint density at radius 3 is 2.79 bits per heavy atom. The van der Waals surface area contributed by atoms with Crippen molar-refractivity contribution in [2.24, 2.45) is 0 Å². The predicted molar refractivity (Wildman–Crippen MR) is 94.7 cm³/mol. The zero-order valence-electron chi connectivity index (χ0n) is 12.9. The summed E-state index contributed by atoms with van der Waals surface area (Å²) in [6.07, 6.45) is 5.23. The van der Waals surface area contributed by atoms with Crippen LogP contribution in [-0.4, -0.2) is 5.91 Å². The topological polar surface area (TPSA) is 42.2 Å². The number of hydrogen-bond donors (Lipinski definition) is 1. The van der Waals surface area contributed by atoms with Crippen molar-refractivity contribution in [1.82, 2.24) is 0 Å². The molecule has 1 heterocycles. The number of amides is 1. The Hall–Kier alpha value is -2.14. The molecule has 3 nitrogen and oxygen atoms in total. The molecule has 0 saturated heterocycles. The van der Waals surface area contributed by atoms with Gasteiger partial charge in [0.05, 0.1) is 18.4 Å². The van der Waals surface area contributed by atoms with Crippen LogP contribution in [-0.2, 0) is 24.1 Å². The van der Waals surface area contributed by atoms with E-state index in [1.54, 1.807) is 6.26 Å². The van der Waals surface area contributed by atoms with E-state index < -0.39 is 0 Å². The summed E-state index contributed by atoms with van der Waals surface area (Å²) < 4.78 is 19.3. The standard InChI is InChI=1S/C19H15BrFNO2/c20-16-9-14(21)4-5-17(16)22-19(23)8-13-10-24-18-7-12-3-1-2-11(12)6-15(13)18/h4-7,9-10H,1-3,8H2,(H,22,23). The molecule has 3 aromatic rings. The summed E-state index contributed by atoms with van der Waals surface area (Å²) >= 11 is 3.25. The summed E-state index contributed by atoms with van der Waals surface area (Å²) in [6, 6.07) is 8.42. The van der Waals surface area contributed by atoms with E-state index in [-0.39, 0.29) is 18.1 Å². The molecule has 4 rings (SSSR count). The van der Waals surface area contributed by atoms with Gasteiger partial charge in [-0.1, -0.05) is 0 Å². The first-order valence-electron chi connectivity index (χ1n) is 7.87. The summed E-state index contributed by atoms with van der Waals surface area (Å²) in [5, 5.41) is 3.80. The Bertz CT molecular complexity index is 948. The van der Waals surface area contributed by atoms with Gasteiger partial charge in [0.25, 0.3) is 0 Å². The maximum Gasteiger partial charge on any atom is 0.228 e. The van der Waals surface area contributed by atoms with Crippen LogP contribution in [0.5, 0.6) is 0 Å². The number of rotatable bonds is 3. The van der Waals surface area contributed by atoms with E-state index in [0.717, 1.165) is 29.4 Å². The molecule has 122 valence electrons. The summed E-state index contributed by atoms with van der Waals surface area (Å²) in [5.74, 6) is -0.514. The normalized spacial score (nSPS) is 13.2. The molecule has 0 fully saturated rings. The second-order valence-electron chi connectivity index (χ2n) is 6.08. The molecule has 0 spiro atoms. The van der Waals surface area contributed by atoms with Crippen LogP contribution in [0.4, 0.5) is 10.1 Å². The van der Waals surface area contributed by atoms with Crippen molar-refractivity contribution in [3.05, 3.63) is 63.6 Å². The third kappa shape index (κ3) is 2.84. The molecule has 1 N–H and O–H groups in total. The average molecular weight is 388 g/mol. The highest BCUT2D eigenvalue weighted by atomic mass is 79.9. The lowest BCUT2D eigenvalue weighted by Gasteiger charge is -2.07. The van der Waals surface area contributed by atoms with Gasteiger partial charge in [0.1, 0.15) is 11.4 Å². The van der Waals surface area contributed by atoms with Crippen LogP contribution in [0, 0.1) is 5.82 Å². The average Bonchev–Trinajstić information content (AvgIpc) is 3.15. The molecule has 0 aliphatic heterocycles. The Kier molecular flexibility index (Phi) is 3.88. The number of nitrogens with one attached hydrogen (secondary N) is 1. The van der Waals surface area contributed by atoms with Crippen LogP contribution < -0.4 is 5.32 Å². The largest absolute Gasteiger partial charge is 0.464 e. The highest BCUT2D eigenvalue weighted by Gasteiger charge is 2.17. The summed E-state index contributed by atoms with van der Waals surface area (Å²) in [7, 11) is 0. The summed E-state index contributed by atoms with van der Waals surface area (Å²) in [5.41, 5.74) is 4.96. The molecule has 0 atom stereocenters. The summed E-state index contributed by atoms with van der Waals surface area (Å²) in [6.45, 7) is 0. The fourth-order valence-electron chi connectivity index (χ4n) is 3.24. The zero-order valence-corrected chi connectivity index (χ0v) is 14.5. The molecule has 0 radical (unpaired) electrons. The van der Waals surface area contributed by atoms with Crippen molar-refractivity contribution in [2.45, 2.75) is 25.7 Å². The van der Waals surface area contributed by atoms with Gasteiger partial charge >= 0.3 is 0 Å². The zero-order chi connectivity index (χ0) is 16.7. The third-order valence-electron chi connectivity index (χ3n) is 4.42. The first-order valence-corrected chi connectivity index (χ1v) is 8.66. The number of anilines is 1. The quantitative estimate of drug-likeness (QED) is 0.686. The molecule has 1 aliphatic carbocycles. The van der Waals surface area contributed by atoms with Crippen molar-refractivity contribution < 1.29 is 13.6 Å². The van der Waals surface area contributed by atoms with Crippen LogP contribution in [0.1, 0.15) is 23.1 Å². The smallest absolute Gasteiger partial charge is 0.228 e. The van der Waals surface area contributed by atoms with E-state index in [1.165, 1.54) is 35.7 Å². The predicted octanol–water partition coefficient (Wildman–Crippen LogP) is 5.00. The van der Waals surface area contributed by atoms with Gasteiger partial charge < -0.3 is 9.73 Å². The van der Waals surface area contributed by atoms with Gasteiger partial charge in [0.15, 0.2) is 0 Å². The van der Waals surface area contributed by atoms with E-state index in [2.05, 4.69) is 33.4 Å². The fraction of sp³-hybridized carbons (Fsp3) is 0.211. The van der Waals surface area contributed by atoms with Gasteiger partial charge in [-0.05, 0) is 76.7 Å². The molecule has 0 bridgehead atoms. The third-order valence-corrected chi connectivity index (χ3v) is 5.08. The minimum absolute atomic E-state index is 0.162. The van der Waals surface area contributed by atoms with Crippen molar-refractivity contribution in [3.63, 3.8) is 0 Å². The van der Waals surface area contributed by atoms with Gasteiger partial charge in [-0.25, -0.2) is 4.39 Å². The number of halogens is 2. The van der Waals surface area contributed by atoms with Gasteiger partial charge in [-0.2, -0.15) is 0 Å². The van der Waals surface area contributed by atoms with Crippen LogP contribution in [0.2, 0.25) is 0 Å². The molecular weight excluding hydrogens is 373 g/mol. The van der Waals surface area contributed by atoms with Crippen LogP contribution >= 0.6 is 15.9 Å². The Morgan fingerprint density at radius 1 is 1.21 bits per heavy atom. The van der Waals surface area contributed by atoms with E-state index in [4.69, 9.17) is 4.42 Å². The van der Waals surface area contributed by atoms with Crippen molar-refractivity contribution in [3.8, 4) is 0 Å². The summed E-state index contributed by atoms with van der Waals surface area (Å²) in [4.78, 5) is 12.3. The maximum atomic E-state index is 13.1. The Balaban J connectivity index is 1.56. The Labute approximate surface area is 147 Å². The number of carbonyl (C=O) groups is 1. The van der Waals surface area contributed by atoms with Gasteiger partial charge in [-0.15, -0.1) is 0 Å². The second-order valence-corrected chi connectivity index (χ2v) is 6.94. The molecule has 5 heteroatoms. The number of hydrogen-bond acceptors (Lipinski definition) is 2. The van der Waals surface area contributed by atoms with Gasteiger partial charge in [0, 0.05) is 15.4 Å². The molecule has 1 aliphatic rings. The van der Waals surface area contributed by atoms with Crippen molar-refractivity contribution >= 4 is 38.5 Å². The van der Waals surface area contributed by atoms with Crippen LogP contribution in [0.15, 0.2) is 45.5 Å². The van der Waals surface area contributed by atoms with Crippen LogP contribution in [0.25, 0.3) is 11.0 Å². The van der Waals surface area contributed by atoms with Crippen LogP contribution in [0.3, 0.4) is 0 Å². The number of furan rings is 1. The molecule has 0 saturated carbocycles. The highest BCUT2D eigenvalue weighted by molar-refractivity contribution is 9.10. The number of carbonyl (C=O) groups excluding carboxylic acids is 1. The monoisotopic (exact) mass is 387 g/mol. The lowest BCUT2D eigenvalue weighted by atomic mass is 10.0. The van der Waals surface area contributed by atoms with E-state index >= 15 is 0 Å². The number of aryl methyl sites for hydroxylation is 2. The highest BCUT2D eigenvalue weighted by Crippen LogP contribution is 2.31. The van der Waals surface area contributed by atoms with Gasteiger partial charge in [0.2, 0.25) is 5.91 Å². The molecule has 1 aromatic heterocycles. The van der Waals surface area contributed by atoms with Gasteiger partial charge in [-0.3, -0.25) is 4.79 Å².